The summed E-state index contributed by atoms with van der Waals surface area (Å²) in [4.78, 5) is 31.6. The quantitative estimate of drug-likeness (QED) is 0.574. The number of Topliss-reactive ketones (excluding diaryl/α,β-unsaturated/α-hetero) is 1. The number of unbranched alkanes of at least 4 members (excludes halogenated alkanes) is 2. The van der Waals surface area contributed by atoms with Crippen LogP contribution < -0.4 is 10.6 Å². The van der Waals surface area contributed by atoms with E-state index in [4.69, 9.17) is 0 Å². The van der Waals surface area contributed by atoms with E-state index in [1.807, 2.05) is 6.07 Å². The molecule has 0 fully saturated rings. The van der Waals surface area contributed by atoms with Gasteiger partial charge in [-0.05, 0) is 25.5 Å². The van der Waals surface area contributed by atoms with Crippen LogP contribution in [0.1, 0.15) is 53.8 Å². The Morgan fingerprint density at radius 2 is 1.83 bits per heavy atom. The number of rotatable bonds is 8. The van der Waals surface area contributed by atoms with E-state index in [1.165, 1.54) is 19.3 Å². The fourth-order valence-corrected chi connectivity index (χ4v) is 2.13. The molecule has 2 N–H and O–H groups in total. The average Bonchev–Trinajstić information content (AvgIpc) is 2.59. The third-order valence-electron chi connectivity index (χ3n) is 3.51. The molecule has 24 heavy (non-hydrogen) atoms. The van der Waals surface area contributed by atoms with Crippen LogP contribution in [0.15, 0.2) is 36.7 Å². The van der Waals surface area contributed by atoms with Gasteiger partial charge in [-0.2, -0.15) is 0 Å². The lowest BCUT2D eigenvalue weighted by Crippen LogP contribution is -2.24. The molecule has 0 aliphatic rings. The lowest BCUT2D eigenvalue weighted by molar-refractivity contribution is 0.0951. The standard InChI is InChI=1S/C18H22N4O2/c1-3-4-5-9-19-17(24)15-11-20-18(21-12-15)22-16-8-6-7-14(10-16)13(2)23/h6-8,10-12H,3-5,9H2,1-2H3,(H,19,24)(H,20,21,22). The smallest absolute Gasteiger partial charge is 0.254 e. The van der Waals surface area contributed by atoms with Crippen molar-refractivity contribution in [3.05, 3.63) is 47.8 Å². The van der Waals surface area contributed by atoms with Gasteiger partial charge in [-0.3, -0.25) is 9.59 Å². The van der Waals surface area contributed by atoms with Gasteiger partial charge >= 0.3 is 0 Å². The Morgan fingerprint density at radius 1 is 1.08 bits per heavy atom. The number of amides is 1. The number of hydrogen-bond donors (Lipinski definition) is 2. The zero-order valence-electron chi connectivity index (χ0n) is 14.0. The number of aromatic nitrogens is 2. The number of carbonyl (C=O) groups is 2. The Balaban J connectivity index is 1.95. The van der Waals surface area contributed by atoms with Crippen molar-refractivity contribution in [3.63, 3.8) is 0 Å². The van der Waals surface area contributed by atoms with Gasteiger partial charge in [0.05, 0.1) is 5.56 Å². The second-order valence-corrected chi connectivity index (χ2v) is 5.52. The SMILES string of the molecule is CCCCCNC(=O)c1cnc(Nc2cccc(C(C)=O)c2)nc1. The van der Waals surface area contributed by atoms with Gasteiger partial charge in [0.1, 0.15) is 0 Å². The van der Waals surface area contributed by atoms with E-state index in [1.54, 1.807) is 18.2 Å². The molecule has 0 radical (unpaired) electrons. The number of ketones is 1. The molecule has 0 saturated carbocycles. The summed E-state index contributed by atoms with van der Waals surface area (Å²) in [5.41, 5.74) is 1.76. The topological polar surface area (TPSA) is 84.0 Å². The van der Waals surface area contributed by atoms with Crippen LogP contribution in [0.2, 0.25) is 0 Å². The molecule has 0 aliphatic carbocycles. The summed E-state index contributed by atoms with van der Waals surface area (Å²) in [6, 6.07) is 7.10. The van der Waals surface area contributed by atoms with Crippen LogP contribution in [0.3, 0.4) is 0 Å². The minimum Gasteiger partial charge on any atom is -0.352 e. The number of nitrogens with one attached hydrogen (secondary N) is 2. The van der Waals surface area contributed by atoms with Crippen molar-refractivity contribution in [2.75, 3.05) is 11.9 Å². The number of anilines is 2. The van der Waals surface area contributed by atoms with E-state index in [2.05, 4.69) is 27.5 Å². The summed E-state index contributed by atoms with van der Waals surface area (Å²) < 4.78 is 0. The first-order valence-electron chi connectivity index (χ1n) is 8.08. The highest BCUT2D eigenvalue weighted by molar-refractivity contribution is 5.95. The van der Waals surface area contributed by atoms with Gasteiger partial charge in [0.15, 0.2) is 5.78 Å². The van der Waals surface area contributed by atoms with E-state index in [9.17, 15) is 9.59 Å². The van der Waals surface area contributed by atoms with Crippen molar-refractivity contribution >= 4 is 23.3 Å². The minimum absolute atomic E-state index is 0.00494. The third-order valence-corrected chi connectivity index (χ3v) is 3.51. The number of nitrogens with zero attached hydrogens (tertiary/aromatic N) is 2. The van der Waals surface area contributed by atoms with Crippen molar-refractivity contribution < 1.29 is 9.59 Å². The molecule has 0 atom stereocenters. The summed E-state index contributed by atoms with van der Waals surface area (Å²) in [7, 11) is 0. The summed E-state index contributed by atoms with van der Waals surface area (Å²) in [5.74, 6) is 0.198. The fourth-order valence-electron chi connectivity index (χ4n) is 2.13. The molecule has 6 nitrogen and oxygen atoms in total. The van der Waals surface area contributed by atoms with Crippen LogP contribution in [0.5, 0.6) is 0 Å². The van der Waals surface area contributed by atoms with Gasteiger partial charge in [-0.25, -0.2) is 9.97 Å². The monoisotopic (exact) mass is 326 g/mol. The van der Waals surface area contributed by atoms with E-state index in [0.717, 1.165) is 24.9 Å². The first kappa shape index (κ1) is 17.6. The molecule has 1 aromatic carbocycles. The highest BCUT2D eigenvalue weighted by atomic mass is 16.1. The van der Waals surface area contributed by atoms with Crippen LogP contribution in [0.4, 0.5) is 11.6 Å². The lowest BCUT2D eigenvalue weighted by atomic mass is 10.1. The molecule has 0 bridgehead atoms. The van der Waals surface area contributed by atoms with Gasteiger partial charge in [0.2, 0.25) is 5.95 Å². The van der Waals surface area contributed by atoms with E-state index in [-0.39, 0.29) is 11.7 Å². The summed E-state index contributed by atoms with van der Waals surface area (Å²) in [6.45, 7) is 4.29. The van der Waals surface area contributed by atoms with Crippen molar-refractivity contribution in [1.29, 1.82) is 0 Å². The Kier molecular flexibility index (Phi) is 6.42. The Bertz CT molecular complexity index is 698. The number of carbonyl (C=O) groups excluding carboxylic acids is 2. The Labute approximate surface area is 141 Å². The van der Waals surface area contributed by atoms with Crippen LogP contribution in [-0.2, 0) is 0 Å². The molecule has 1 heterocycles. The predicted molar refractivity (Wildman–Crippen MR) is 93.6 cm³/mol. The number of benzene rings is 1. The predicted octanol–water partition coefficient (Wildman–Crippen LogP) is 3.34. The summed E-state index contributed by atoms with van der Waals surface area (Å²) >= 11 is 0. The maximum Gasteiger partial charge on any atom is 0.254 e. The van der Waals surface area contributed by atoms with Gasteiger partial charge in [-0.1, -0.05) is 31.9 Å². The molecule has 1 aromatic heterocycles. The summed E-state index contributed by atoms with van der Waals surface area (Å²) in [6.07, 6.45) is 6.15. The van der Waals surface area contributed by atoms with Gasteiger partial charge in [-0.15, -0.1) is 0 Å². The molecule has 0 aliphatic heterocycles. The largest absolute Gasteiger partial charge is 0.352 e. The molecular formula is C18H22N4O2. The zero-order chi connectivity index (χ0) is 17.4. The molecule has 0 saturated heterocycles. The lowest BCUT2D eigenvalue weighted by Gasteiger charge is -2.07. The van der Waals surface area contributed by atoms with Crippen LogP contribution in [-0.4, -0.2) is 28.2 Å². The molecule has 126 valence electrons. The zero-order valence-corrected chi connectivity index (χ0v) is 14.0. The maximum atomic E-state index is 11.9. The summed E-state index contributed by atoms with van der Waals surface area (Å²) in [5, 5.41) is 5.87. The second-order valence-electron chi connectivity index (χ2n) is 5.52. The van der Waals surface area contributed by atoms with Crippen LogP contribution in [0.25, 0.3) is 0 Å². The average molecular weight is 326 g/mol. The molecule has 2 rings (SSSR count). The normalized spacial score (nSPS) is 10.2. The third kappa shape index (κ3) is 5.15. The first-order chi connectivity index (χ1) is 11.6. The molecule has 0 spiro atoms. The maximum absolute atomic E-state index is 11.9. The van der Waals surface area contributed by atoms with Gasteiger partial charge in [0, 0.05) is 30.2 Å². The Hall–Kier alpha value is -2.76. The van der Waals surface area contributed by atoms with Crippen LogP contribution >= 0.6 is 0 Å². The first-order valence-corrected chi connectivity index (χ1v) is 8.08. The molecule has 6 heteroatoms. The fraction of sp³-hybridized carbons (Fsp3) is 0.333. The molecule has 0 unspecified atom stereocenters. The molecular weight excluding hydrogens is 304 g/mol. The van der Waals surface area contributed by atoms with Crippen molar-refractivity contribution in [1.82, 2.24) is 15.3 Å². The van der Waals surface area contributed by atoms with E-state index >= 15 is 0 Å². The van der Waals surface area contributed by atoms with Gasteiger partial charge in [0.25, 0.3) is 5.91 Å². The van der Waals surface area contributed by atoms with Gasteiger partial charge < -0.3 is 10.6 Å². The van der Waals surface area contributed by atoms with Crippen molar-refractivity contribution in [3.8, 4) is 0 Å². The van der Waals surface area contributed by atoms with E-state index < -0.39 is 0 Å². The Morgan fingerprint density at radius 3 is 2.50 bits per heavy atom. The van der Waals surface area contributed by atoms with E-state index in [0.29, 0.717) is 23.6 Å². The highest BCUT2D eigenvalue weighted by Gasteiger charge is 2.07. The second kappa shape index (κ2) is 8.76. The minimum atomic E-state index is -0.170. The van der Waals surface area contributed by atoms with Crippen molar-refractivity contribution in [2.24, 2.45) is 0 Å². The number of hydrogen-bond acceptors (Lipinski definition) is 5. The highest BCUT2D eigenvalue weighted by Crippen LogP contribution is 2.15. The molecule has 2 aromatic rings. The van der Waals surface area contributed by atoms with Crippen molar-refractivity contribution in [2.45, 2.75) is 33.1 Å². The molecule has 1 amide bonds. The van der Waals surface area contributed by atoms with Crippen LogP contribution in [0, 0.1) is 0 Å².